The average Bonchev–Trinajstić information content (AvgIpc) is 3.34. The van der Waals surface area contributed by atoms with Crippen molar-refractivity contribution in [2.24, 2.45) is 10.9 Å². The van der Waals surface area contributed by atoms with Gasteiger partial charge in [0.25, 0.3) is 0 Å². The van der Waals surface area contributed by atoms with E-state index in [4.69, 9.17) is 9.47 Å². The van der Waals surface area contributed by atoms with Gasteiger partial charge in [0.2, 0.25) is 0 Å². The van der Waals surface area contributed by atoms with E-state index in [1.807, 2.05) is 7.05 Å². The molecule has 2 unspecified atom stereocenters. The van der Waals surface area contributed by atoms with Crippen LogP contribution >= 0.6 is 0 Å². The molecule has 5 heteroatoms. The number of nitrogens with zero attached hydrogens (tertiary/aromatic N) is 1. The first-order valence-corrected chi connectivity index (χ1v) is 9.28. The monoisotopic (exact) mass is 345 g/mol. The number of guanidine groups is 1. The first-order valence-electron chi connectivity index (χ1n) is 9.28. The Balaban J connectivity index is 1.80. The minimum atomic E-state index is 0.00238. The standard InChI is InChI=1S/C20H31N3O2/c1-14-5-6-18(24-4)16(11-14)20(7-9-25-10-8-20)13-22-19(21-3)23-17-12-15(17)2/h5-6,11,15,17H,7-10,12-13H2,1-4H3,(H2,21,22,23). The van der Waals surface area contributed by atoms with Crippen molar-refractivity contribution in [1.29, 1.82) is 0 Å². The van der Waals surface area contributed by atoms with Crippen LogP contribution in [-0.2, 0) is 10.2 Å². The number of hydrogen-bond acceptors (Lipinski definition) is 3. The maximum absolute atomic E-state index is 5.69. The minimum Gasteiger partial charge on any atom is -0.496 e. The van der Waals surface area contributed by atoms with Crippen LogP contribution in [0.25, 0.3) is 0 Å². The Bertz CT molecular complexity index is 623. The third-order valence-corrected chi connectivity index (χ3v) is 5.63. The highest BCUT2D eigenvalue weighted by Crippen LogP contribution is 2.40. The summed E-state index contributed by atoms with van der Waals surface area (Å²) in [7, 11) is 3.59. The van der Waals surface area contributed by atoms with Crippen LogP contribution in [0.4, 0.5) is 0 Å². The van der Waals surface area contributed by atoms with Gasteiger partial charge in [0.1, 0.15) is 5.75 Å². The van der Waals surface area contributed by atoms with E-state index in [9.17, 15) is 0 Å². The first kappa shape index (κ1) is 18.1. The molecule has 1 heterocycles. The van der Waals surface area contributed by atoms with Crippen molar-refractivity contribution in [1.82, 2.24) is 10.6 Å². The second-order valence-corrected chi connectivity index (χ2v) is 7.49. The van der Waals surface area contributed by atoms with Crippen molar-refractivity contribution >= 4 is 5.96 Å². The fraction of sp³-hybridized carbons (Fsp3) is 0.650. The lowest BCUT2D eigenvalue weighted by molar-refractivity contribution is 0.0505. The summed E-state index contributed by atoms with van der Waals surface area (Å²) in [6.45, 7) is 6.80. The lowest BCUT2D eigenvalue weighted by Gasteiger charge is -2.39. The summed E-state index contributed by atoms with van der Waals surface area (Å²) < 4.78 is 11.3. The number of aryl methyl sites for hydroxylation is 1. The van der Waals surface area contributed by atoms with Gasteiger partial charge in [-0.3, -0.25) is 4.99 Å². The topological polar surface area (TPSA) is 54.9 Å². The summed E-state index contributed by atoms with van der Waals surface area (Å²) in [5.41, 5.74) is 2.54. The lowest BCUT2D eigenvalue weighted by Crippen LogP contribution is -2.48. The molecule has 1 aliphatic heterocycles. The molecule has 1 aromatic rings. The molecule has 1 aliphatic carbocycles. The third-order valence-electron chi connectivity index (χ3n) is 5.63. The summed E-state index contributed by atoms with van der Waals surface area (Å²) >= 11 is 0. The fourth-order valence-corrected chi connectivity index (χ4v) is 3.69. The molecule has 0 amide bonds. The smallest absolute Gasteiger partial charge is 0.191 e. The Morgan fingerprint density at radius 2 is 2.08 bits per heavy atom. The number of aliphatic imine (C=N–C) groups is 1. The van der Waals surface area contributed by atoms with Crippen LogP contribution in [-0.4, -0.2) is 45.9 Å². The van der Waals surface area contributed by atoms with E-state index >= 15 is 0 Å². The second-order valence-electron chi connectivity index (χ2n) is 7.49. The summed E-state index contributed by atoms with van der Waals surface area (Å²) in [6.07, 6.45) is 3.19. The molecule has 1 saturated carbocycles. The molecule has 25 heavy (non-hydrogen) atoms. The molecule has 2 atom stereocenters. The van der Waals surface area contributed by atoms with E-state index in [1.165, 1.54) is 17.5 Å². The molecule has 0 aromatic heterocycles. The largest absolute Gasteiger partial charge is 0.496 e. The number of benzene rings is 1. The van der Waals surface area contributed by atoms with E-state index in [2.05, 4.69) is 47.7 Å². The maximum atomic E-state index is 5.69. The van der Waals surface area contributed by atoms with Crippen molar-refractivity contribution in [3.63, 3.8) is 0 Å². The molecule has 0 bridgehead atoms. The predicted molar refractivity (Wildman–Crippen MR) is 102 cm³/mol. The Labute approximate surface area is 151 Å². The number of hydrogen-bond donors (Lipinski definition) is 2. The third kappa shape index (κ3) is 4.09. The van der Waals surface area contributed by atoms with Gasteiger partial charge in [-0.05, 0) is 38.2 Å². The lowest BCUT2D eigenvalue weighted by atomic mass is 9.73. The first-order chi connectivity index (χ1) is 12.1. The molecule has 3 rings (SSSR count). The summed E-state index contributed by atoms with van der Waals surface area (Å²) in [5, 5.41) is 7.08. The van der Waals surface area contributed by atoms with Crippen LogP contribution in [0.5, 0.6) is 5.75 Å². The zero-order valence-corrected chi connectivity index (χ0v) is 15.9. The van der Waals surface area contributed by atoms with Crippen molar-refractivity contribution in [2.75, 3.05) is 33.9 Å². The van der Waals surface area contributed by atoms with Gasteiger partial charge in [-0.15, -0.1) is 0 Å². The van der Waals surface area contributed by atoms with Crippen LogP contribution in [0.15, 0.2) is 23.2 Å². The number of rotatable bonds is 5. The van der Waals surface area contributed by atoms with Gasteiger partial charge in [-0.1, -0.05) is 24.6 Å². The Kier molecular flexibility index (Phi) is 5.52. The number of nitrogens with one attached hydrogen (secondary N) is 2. The molecule has 0 radical (unpaired) electrons. The minimum absolute atomic E-state index is 0.00238. The van der Waals surface area contributed by atoms with E-state index < -0.39 is 0 Å². The predicted octanol–water partition coefficient (Wildman–Crippen LogP) is 2.63. The average molecular weight is 345 g/mol. The quantitative estimate of drug-likeness (QED) is 0.636. The number of ether oxygens (including phenoxy) is 2. The summed E-state index contributed by atoms with van der Waals surface area (Å²) in [5.74, 6) is 2.60. The van der Waals surface area contributed by atoms with Crippen LogP contribution in [0.3, 0.4) is 0 Å². The van der Waals surface area contributed by atoms with Crippen molar-refractivity contribution in [2.45, 2.75) is 44.6 Å². The SMILES string of the molecule is CN=C(NCC1(c2cc(C)ccc2OC)CCOCC1)NC1CC1C. The normalized spacial score (nSPS) is 25.4. The molecule has 5 nitrogen and oxygen atoms in total. The zero-order chi connectivity index (χ0) is 17.9. The highest BCUT2D eigenvalue weighted by molar-refractivity contribution is 5.80. The van der Waals surface area contributed by atoms with Gasteiger partial charge in [-0.25, -0.2) is 0 Å². The molecular weight excluding hydrogens is 314 g/mol. The van der Waals surface area contributed by atoms with E-state index in [0.29, 0.717) is 6.04 Å². The molecule has 138 valence electrons. The van der Waals surface area contributed by atoms with Gasteiger partial charge >= 0.3 is 0 Å². The fourth-order valence-electron chi connectivity index (χ4n) is 3.69. The van der Waals surface area contributed by atoms with Gasteiger partial charge in [0, 0.05) is 43.8 Å². The summed E-state index contributed by atoms with van der Waals surface area (Å²) in [4.78, 5) is 4.40. The van der Waals surface area contributed by atoms with Crippen LogP contribution in [0.2, 0.25) is 0 Å². The Morgan fingerprint density at radius 1 is 1.36 bits per heavy atom. The molecule has 2 fully saturated rings. The van der Waals surface area contributed by atoms with Crippen LogP contribution < -0.4 is 15.4 Å². The van der Waals surface area contributed by atoms with Gasteiger partial charge in [-0.2, -0.15) is 0 Å². The highest BCUT2D eigenvalue weighted by atomic mass is 16.5. The Hall–Kier alpha value is -1.75. The highest BCUT2D eigenvalue weighted by Gasteiger charge is 2.38. The van der Waals surface area contributed by atoms with E-state index in [1.54, 1.807) is 7.11 Å². The van der Waals surface area contributed by atoms with Crippen molar-refractivity contribution in [3.8, 4) is 5.75 Å². The van der Waals surface area contributed by atoms with Gasteiger partial charge < -0.3 is 20.1 Å². The molecule has 2 N–H and O–H groups in total. The maximum Gasteiger partial charge on any atom is 0.191 e. The zero-order valence-electron chi connectivity index (χ0n) is 15.9. The summed E-state index contributed by atoms with van der Waals surface area (Å²) in [6, 6.07) is 7.02. The van der Waals surface area contributed by atoms with Gasteiger partial charge in [0.15, 0.2) is 5.96 Å². The molecule has 1 saturated heterocycles. The van der Waals surface area contributed by atoms with E-state index in [0.717, 1.165) is 50.2 Å². The van der Waals surface area contributed by atoms with Crippen LogP contribution in [0, 0.1) is 12.8 Å². The Morgan fingerprint density at radius 3 is 2.68 bits per heavy atom. The van der Waals surface area contributed by atoms with E-state index in [-0.39, 0.29) is 5.41 Å². The molecular formula is C20H31N3O2. The second kappa shape index (κ2) is 7.65. The van der Waals surface area contributed by atoms with Crippen LogP contribution in [0.1, 0.15) is 37.3 Å². The molecule has 0 spiro atoms. The van der Waals surface area contributed by atoms with Gasteiger partial charge in [0.05, 0.1) is 7.11 Å². The molecule has 1 aromatic carbocycles. The van der Waals surface area contributed by atoms with Crippen molar-refractivity contribution < 1.29 is 9.47 Å². The van der Waals surface area contributed by atoms with Crippen molar-refractivity contribution in [3.05, 3.63) is 29.3 Å². The number of methoxy groups -OCH3 is 1. The molecule has 2 aliphatic rings.